The number of rotatable bonds is 4. The molecule has 0 saturated carbocycles. The summed E-state index contributed by atoms with van der Waals surface area (Å²) in [6, 6.07) is 5.49. The Kier molecular flexibility index (Phi) is 4.82. The van der Waals surface area contributed by atoms with Crippen LogP contribution in [0, 0.1) is 11.6 Å². The van der Waals surface area contributed by atoms with Gasteiger partial charge in [-0.1, -0.05) is 11.6 Å². The lowest BCUT2D eigenvalue weighted by atomic mass is 10.2. The second-order valence-corrected chi connectivity index (χ2v) is 4.67. The predicted molar refractivity (Wildman–Crippen MR) is 78.9 cm³/mol. The number of carbonyl (C=O) groups is 1. The molecule has 2 aromatic rings. The molecule has 1 amide bonds. The summed E-state index contributed by atoms with van der Waals surface area (Å²) >= 11 is 5.95. The molecule has 116 valence electrons. The summed E-state index contributed by atoms with van der Waals surface area (Å²) in [6.07, 6.45) is 0. The van der Waals surface area contributed by atoms with Gasteiger partial charge < -0.3 is 14.8 Å². The fourth-order valence-corrected chi connectivity index (χ4v) is 2.05. The molecule has 0 unspecified atom stereocenters. The zero-order valence-corrected chi connectivity index (χ0v) is 12.5. The molecule has 4 nitrogen and oxygen atoms in total. The van der Waals surface area contributed by atoms with E-state index in [1.807, 2.05) is 0 Å². The van der Waals surface area contributed by atoms with Gasteiger partial charge >= 0.3 is 0 Å². The number of ether oxygens (including phenoxy) is 2. The highest BCUT2D eigenvalue weighted by Gasteiger charge is 2.17. The number of methoxy groups -OCH3 is 2. The van der Waals surface area contributed by atoms with Crippen LogP contribution in [-0.4, -0.2) is 20.1 Å². The molecule has 0 saturated heterocycles. The summed E-state index contributed by atoms with van der Waals surface area (Å²) in [4.78, 5) is 12.1. The molecular formula is C15H12ClF2NO3. The van der Waals surface area contributed by atoms with Crippen LogP contribution < -0.4 is 14.8 Å². The molecule has 7 heteroatoms. The van der Waals surface area contributed by atoms with Gasteiger partial charge in [-0.3, -0.25) is 4.79 Å². The summed E-state index contributed by atoms with van der Waals surface area (Å²) in [7, 11) is 2.79. The maximum atomic E-state index is 13.6. The summed E-state index contributed by atoms with van der Waals surface area (Å²) in [5, 5.41) is 2.72. The molecule has 0 spiro atoms. The summed E-state index contributed by atoms with van der Waals surface area (Å²) < 4.78 is 36.9. The Bertz CT molecular complexity index is 722. The number of benzene rings is 2. The maximum absolute atomic E-state index is 13.6. The van der Waals surface area contributed by atoms with Crippen molar-refractivity contribution >= 4 is 23.2 Å². The predicted octanol–water partition coefficient (Wildman–Crippen LogP) is 3.89. The summed E-state index contributed by atoms with van der Waals surface area (Å²) in [5.74, 6) is -1.81. The Morgan fingerprint density at radius 1 is 1.09 bits per heavy atom. The van der Waals surface area contributed by atoms with E-state index < -0.39 is 23.1 Å². The number of amides is 1. The quantitative estimate of drug-likeness (QED) is 0.926. The van der Waals surface area contributed by atoms with Gasteiger partial charge in [-0.05, 0) is 18.2 Å². The van der Waals surface area contributed by atoms with Gasteiger partial charge in [-0.25, -0.2) is 8.78 Å². The first kappa shape index (κ1) is 16.0. The SMILES string of the molecule is COc1cc(NC(=O)c2cc(F)ccc2F)c(OC)cc1Cl. The number of hydrogen-bond acceptors (Lipinski definition) is 3. The third-order valence-electron chi connectivity index (χ3n) is 2.90. The molecule has 22 heavy (non-hydrogen) atoms. The number of anilines is 1. The summed E-state index contributed by atoms with van der Waals surface area (Å²) in [5.41, 5.74) is -0.201. The maximum Gasteiger partial charge on any atom is 0.258 e. The second-order valence-electron chi connectivity index (χ2n) is 4.27. The van der Waals surface area contributed by atoms with E-state index >= 15 is 0 Å². The van der Waals surface area contributed by atoms with Crippen LogP contribution in [0.2, 0.25) is 5.02 Å². The van der Waals surface area contributed by atoms with Crippen LogP contribution in [-0.2, 0) is 0 Å². The van der Waals surface area contributed by atoms with Crippen molar-refractivity contribution in [3.8, 4) is 11.5 Å². The highest BCUT2D eigenvalue weighted by atomic mass is 35.5. The van der Waals surface area contributed by atoms with E-state index in [9.17, 15) is 13.6 Å². The zero-order valence-electron chi connectivity index (χ0n) is 11.7. The molecule has 0 radical (unpaired) electrons. The number of halogens is 3. The molecule has 0 aliphatic carbocycles. The van der Waals surface area contributed by atoms with Crippen LogP contribution in [0.25, 0.3) is 0 Å². The van der Waals surface area contributed by atoms with Crippen LogP contribution >= 0.6 is 11.6 Å². The molecule has 0 aliphatic heterocycles. The van der Waals surface area contributed by atoms with Gasteiger partial charge in [-0.15, -0.1) is 0 Å². The molecule has 0 bridgehead atoms. The van der Waals surface area contributed by atoms with Crippen LogP contribution in [0.5, 0.6) is 11.5 Å². The van der Waals surface area contributed by atoms with Gasteiger partial charge in [0.2, 0.25) is 0 Å². The third kappa shape index (κ3) is 3.28. The van der Waals surface area contributed by atoms with Crippen molar-refractivity contribution in [1.82, 2.24) is 0 Å². The van der Waals surface area contributed by atoms with E-state index in [0.29, 0.717) is 5.75 Å². The molecule has 1 N–H and O–H groups in total. The van der Waals surface area contributed by atoms with E-state index in [-0.39, 0.29) is 16.5 Å². The molecule has 0 heterocycles. The summed E-state index contributed by atoms with van der Waals surface area (Å²) in [6.45, 7) is 0. The Labute approximate surface area is 130 Å². The first-order valence-corrected chi connectivity index (χ1v) is 6.52. The van der Waals surface area contributed by atoms with E-state index in [1.54, 1.807) is 0 Å². The zero-order chi connectivity index (χ0) is 16.3. The van der Waals surface area contributed by atoms with Gasteiger partial charge in [-0.2, -0.15) is 0 Å². The fraction of sp³-hybridized carbons (Fsp3) is 0.133. The van der Waals surface area contributed by atoms with Gasteiger partial charge in [0.15, 0.2) is 0 Å². The number of nitrogens with one attached hydrogen (secondary N) is 1. The lowest BCUT2D eigenvalue weighted by Gasteiger charge is -2.13. The van der Waals surface area contributed by atoms with E-state index in [1.165, 1.54) is 26.4 Å². The van der Waals surface area contributed by atoms with Crippen LogP contribution in [0.15, 0.2) is 30.3 Å². The molecule has 0 fully saturated rings. The Hall–Kier alpha value is -2.34. The molecule has 0 aliphatic rings. The normalized spacial score (nSPS) is 10.2. The lowest BCUT2D eigenvalue weighted by molar-refractivity contribution is 0.102. The molecule has 2 rings (SSSR count). The van der Waals surface area contributed by atoms with E-state index in [2.05, 4.69) is 5.32 Å². The molecule has 0 atom stereocenters. The van der Waals surface area contributed by atoms with Crippen molar-refractivity contribution < 1.29 is 23.0 Å². The van der Waals surface area contributed by atoms with Crippen molar-refractivity contribution in [2.75, 3.05) is 19.5 Å². The largest absolute Gasteiger partial charge is 0.495 e. The Morgan fingerprint density at radius 3 is 2.41 bits per heavy atom. The average molecular weight is 328 g/mol. The van der Waals surface area contributed by atoms with E-state index in [0.717, 1.165) is 18.2 Å². The molecule has 0 aromatic heterocycles. The lowest BCUT2D eigenvalue weighted by Crippen LogP contribution is -2.15. The first-order chi connectivity index (χ1) is 10.5. The third-order valence-corrected chi connectivity index (χ3v) is 3.19. The smallest absolute Gasteiger partial charge is 0.258 e. The Morgan fingerprint density at radius 2 is 1.77 bits per heavy atom. The van der Waals surface area contributed by atoms with Crippen molar-refractivity contribution in [1.29, 1.82) is 0 Å². The second kappa shape index (κ2) is 6.62. The van der Waals surface area contributed by atoms with Crippen molar-refractivity contribution in [2.45, 2.75) is 0 Å². The number of hydrogen-bond donors (Lipinski definition) is 1. The minimum atomic E-state index is -0.834. The van der Waals surface area contributed by atoms with Crippen molar-refractivity contribution in [2.24, 2.45) is 0 Å². The van der Waals surface area contributed by atoms with Gasteiger partial charge in [0.1, 0.15) is 23.1 Å². The molecular weight excluding hydrogens is 316 g/mol. The van der Waals surface area contributed by atoms with Crippen molar-refractivity contribution in [3.05, 3.63) is 52.6 Å². The topological polar surface area (TPSA) is 47.6 Å². The minimum Gasteiger partial charge on any atom is -0.495 e. The standard InChI is InChI=1S/C15H12ClF2NO3/c1-21-13-7-12(14(22-2)6-10(13)16)19-15(20)9-5-8(17)3-4-11(9)18/h3-7H,1-2H3,(H,19,20). The van der Waals surface area contributed by atoms with Gasteiger partial charge in [0.05, 0.1) is 30.5 Å². The highest BCUT2D eigenvalue weighted by molar-refractivity contribution is 6.32. The average Bonchev–Trinajstić information content (AvgIpc) is 2.50. The van der Waals surface area contributed by atoms with Crippen LogP contribution in [0.3, 0.4) is 0 Å². The van der Waals surface area contributed by atoms with E-state index in [4.69, 9.17) is 21.1 Å². The first-order valence-electron chi connectivity index (χ1n) is 6.14. The van der Waals surface area contributed by atoms with Gasteiger partial charge in [0, 0.05) is 12.1 Å². The monoisotopic (exact) mass is 327 g/mol. The van der Waals surface area contributed by atoms with Gasteiger partial charge in [0.25, 0.3) is 5.91 Å². The van der Waals surface area contributed by atoms with Crippen molar-refractivity contribution in [3.63, 3.8) is 0 Å². The van der Waals surface area contributed by atoms with Crippen LogP contribution in [0.4, 0.5) is 14.5 Å². The fourth-order valence-electron chi connectivity index (χ4n) is 1.82. The molecule has 2 aromatic carbocycles. The number of carbonyl (C=O) groups excluding carboxylic acids is 1. The van der Waals surface area contributed by atoms with Crippen LogP contribution in [0.1, 0.15) is 10.4 Å². The highest BCUT2D eigenvalue weighted by Crippen LogP contribution is 2.36. The minimum absolute atomic E-state index is 0.220. The Balaban J connectivity index is 2.37.